The summed E-state index contributed by atoms with van der Waals surface area (Å²) in [6.07, 6.45) is 7.52. The minimum Gasteiger partial charge on any atom is -0.352 e. The molecule has 0 saturated carbocycles. The molecule has 25 heavy (non-hydrogen) atoms. The molecular weight excluding hydrogens is 316 g/mol. The van der Waals surface area contributed by atoms with Crippen molar-refractivity contribution in [3.05, 3.63) is 53.7 Å². The molecule has 1 fully saturated rings. The fourth-order valence-electron chi connectivity index (χ4n) is 3.54. The largest absolute Gasteiger partial charge is 0.352 e. The van der Waals surface area contributed by atoms with Gasteiger partial charge >= 0.3 is 0 Å². The van der Waals surface area contributed by atoms with E-state index in [1.807, 2.05) is 46.9 Å². The van der Waals surface area contributed by atoms with Gasteiger partial charge in [0.1, 0.15) is 5.65 Å². The predicted octanol–water partition coefficient (Wildman–Crippen LogP) is 0.996. The highest BCUT2D eigenvalue weighted by Gasteiger charge is 2.35. The Hall–Kier alpha value is -2.67. The van der Waals surface area contributed by atoms with Crippen molar-refractivity contribution in [2.24, 2.45) is 13.0 Å². The van der Waals surface area contributed by atoms with Crippen LogP contribution in [-0.2, 0) is 18.4 Å². The van der Waals surface area contributed by atoms with E-state index in [1.165, 1.54) is 0 Å². The number of carbonyl (C=O) groups excluding carboxylic acids is 1. The topological polar surface area (TPSA) is 76.2 Å². The van der Waals surface area contributed by atoms with Gasteiger partial charge in [0.2, 0.25) is 5.91 Å². The van der Waals surface area contributed by atoms with Gasteiger partial charge in [-0.2, -0.15) is 5.10 Å². The lowest BCUT2D eigenvalue weighted by molar-refractivity contribution is -0.125. The molecule has 0 spiro atoms. The highest BCUT2D eigenvalue weighted by molar-refractivity contribution is 5.80. The summed E-state index contributed by atoms with van der Waals surface area (Å²) in [6.45, 7) is 4.07. The molecule has 4 heterocycles. The first kappa shape index (κ1) is 15.8. The Morgan fingerprint density at radius 1 is 1.40 bits per heavy atom. The zero-order valence-corrected chi connectivity index (χ0v) is 14.4. The predicted molar refractivity (Wildman–Crippen MR) is 94.1 cm³/mol. The number of hydrogen-bond acceptors (Lipinski definition) is 4. The number of nitrogens with zero attached hydrogens (tertiary/aromatic N) is 4. The first-order valence-electron chi connectivity index (χ1n) is 8.52. The summed E-state index contributed by atoms with van der Waals surface area (Å²) in [4.78, 5) is 17.0. The van der Waals surface area contributed by atoms with Crippen molar-refractivity contribution >= 4 is 11.6 Å². The lowest BCUT2D eigenvalue weighted by atomic mass is 9.88. The summed E-state index contributed by atoms with van der Waals surface area (Å²) in [5, 5.41) is 10.7. The summed E-state index contributed by atoms with van der Waals surface area (Å²) in [6, 6.07) is 4.00. The maximum Gasteiger partial charge on any atom is 0.225 e. The number of fused-ring (bicyclic) bond motifs is 1. The van der Waals surface area contributed by atoms with Gasteiger partial charge in [0.25, 0.3) is 0 Å². The van der Waals surface area contributed by atoms with Crippen LogP contribution < -0.4 is 10.6 Å². The van der Waals surface area contributed by atoms with Gasteiger partial charge in [0.05, 0.1) is 12.1 Å². The Morgan fingerprint density at radius 2 is 2.28 bits per heavy atom. The molecule has 0 bridgehead atoms. The van der Waals surface area contributed by atoms with E-state index in [9.17, 15) is 4.79 Å². The summed E-state index contributed by atoms with van der Waals surface area (Å²) < 4.78 is 3.82. The first-order valence-corrected chi connectivity index (χ1v) is 8.52. The number of hydrogen-bond donors (Lipinski definition) is 2. The van der Waals surface area contributed by atoms with Crippen LogP contribution in [0, 0.1) is 12.8 Å². The zero-order valence-electron chi connectivity index (χ0n) is 14.4. The van der Waals surface area contributed by atoms with Crippen molar-refractivity contribution in [1.82, 2.24) is 29.8 Å². The second-order valence-electron chi connectivity index (χ2n) is 6.63. The van der Waals surface area contributed by atoms with E-state index < -0.39 is 0 Å². The number of pyridine rings is 1. The van der Waals surface area contributed by atoms with Gasteiger partial charge < -0.3 is 15.0 Å². The van der Waals surface area contributed by atoms with Crippen LogP contribution in [0.15, 0.2) is 36.9 Å². The Balaban J connectivity index is 1.45. The van der Waals surface area contributed by atoms with Gasteiger partial charge in [-0.25, -0.2) is 4.98 Å². The van der Waals surface area contributed by atoms with Crippen molar-refractivity contribution in [1.29, 1.82) is 0 Å². The molecule has 0 unspecified atom stereocenters. The zero-order chi connectivity index (χ0) is 17.4. The summed E-state index contributed by atoms with van der Waals surface area (Å²) in [5.74, 6) is 0.183. The summed E-state index contributed by atoms with van der Waals surface area (Å²) >= 11 is 0. The lowest BCUT2D eigenvalue weighted by Crippen LogP contribution is -2.34. The van der Waals surface area contributed by atoms with Crippen molar-refractivity contribution in [2.75, 3.05) is 13.1 Å². The fraction of sp³-hybridized carbons (Fsp3) is 0.389. The summed E-state index contributed by atoms with van der Waals surface area (Å²) in [5.41, 5.74) is 4.22. The van der Waals surface area contributed by atoms with Crippen LogP contribution in [-0.4, -0.2) is 38.2 Å². The number of aryl methyl sites for hydroxylation is 1. The molecule has 0 radical (unpaired) electrons. The minimum atomic E-state index is -0.0712. The SMILES string of the molecule is Cc1c([C@H]2CNC[C@@H]2C(=O)NCc2ccn3ccnc3c2)cnn1C. The number of nitrogens with one attached hydrogen (secondary N) is 2. The third-order valence-electron chi connectivity index (χ3n) is 5.15. The Bertz CT molecular complexity index is 911. The van der Waals surface area contributed by atoms with Crippen LogP contribution in [0.1, 0.15) is 22.7 Å². The van der Waals surface area contributed by atoms with Crippen molar-refractivity contribution in [3.8, 4) is 0 Å². The third kappa shape index (κ3) is 2.91. The molecule has 1 aliphatic heterocycles. The molecule has 1 amide bonds. The molecule has 4 rings (SSSR count). The molecular formula is C18H22N6O. The normalized spacial score (nSPS) is 20.2. The van der Waals surface area contributed by atoms with E-state index in [1.54, 1.807) is 6.20 Å². The third-order valence-corrected chi connectivity index (χ3v) is 5.15. The molecule has 0 aliphatic carbocycles. The second kappa shape index (κ2) is 6.33. The maximum absolute atomic E-state index is 12.7. The highest BCUT2D eigenvalue weighted by Crippen LogP contribution is 2.30. The first-order chi connectivity index (χ1) is 12.1. The Kier molecular flexibility index (Phi) is 4.01. The molecule has 7 heteroatoms. The smallest absolute Gasteiger partial charge is 0.225 e. The van der Waals surface area contributed by atoms with E-state index in [0.29, 0.717) is 13.1 Å². The average molecular weight is 338 g/mol. The van der Waals surface area contributed by atoms with Crippen LogP contribution in [0.3, 0.4) is 0 Å². The highest BCUT2D eigenvalue weighted by atomic mass is 16.1. The molecule has 1 saturated heterocycles. The number of aromatic nitrogens is 4. The van der Waals surface area contributed by atoms with Gasteiger partial charge in [0.15, 0.2) is 0 Å². The number of carbonyl (C=O) groups is 1. The number of rotatable bonds is 4. The van der Waals surface area contributed by atoms with Gasteiger partial charge in [-0.1, -0.05) is 0 Å². The van der Waals surface area contributed by atoms with Crippen LogP contribution in [0.2, 0.25) is 0 Å². The van der Waals surface area contributed by atoms with Gasteiger partial charge in [-0.05, 0) is 30.2 Å². The van der Waals surface area contributed by atoms with E-state index in [2.05, 4.69) is 27.6 Å². The maximum atomic E-state index is 12.7. The molecule has 2 N–H and O–H groups in total. The van der Waals surface area contributed by atoms with E-state index in [-0.39, 0.29) is 17.7 Å². The number of amides is 1. The Labute approximate surface area is 146 Å². The molecule has 3 aromatic rings. The molecule has 130 valence electrons. The summed E-state index contributed by atoms with van der Waals surface area (Å²) in [7, 11) is 1.93. The van der Waals surface area contributed by atoms with Crippen LogP contribution in [0.5, 0.6) is 0 Å². The van der Waals surface area contributed by atoms with Gasteiger partial charge in [0, 0.05) is 56.9 Å². The van der Waals surface area contributed by atoms with Gasteiger partial charge in [-0.3, -0.25) is 9.48 Å². The molecule has 0 aromatic carbocycles. The fourth-order valence-corrected chi connectivity index (χ4v) is 3.54. The van der Waals surface area contributed by atoms with Crippen LogP contribution in [0.4, 0.5) is 0 Å². The molecule has 3 aromatic heterocycles. The molecule has 2 atom stereocenters. The van der Waals surface area contributed by atoms with E-state index in [0.717, 1.165) is 29.0 Å². The van der Waals surface area contributed by atoms with Crippen LogP contribution >= 0.6 is 0 Å². The molecule has 7 nitrogen and oxygen atoms in total. The van der Waals surface area contributed by atoms with E-state index in [4.69, 9.17) is 0 Å². The minimum absolute atomic E-state index is 0.0712. The van der Waals surface area contributed by atoms with Crippen molar-refractivity contribution in [3.63, 3.8) is 0 Å². The van der Waals surface area contributed by atoms with E-state index >= 15 is 0 Å². The van der Waals surface area contributed by atoms with Crippen molar-refractivity contribution < 1.29 is 4.79 Å². The van der Waals surface area contributed by atoms with Crippen molar-refractivity contribution in [2.45, 2.75) is 19.4 Å². The average Bonchev–Trinajstić information content (AvgIpc) is 3.33. The monoisotopic (exact) mass is 338 g/mol. The van der Waals surface area contributed by atoms with Gasteiger partial charge in [-0.15, -0.1) is 0 Å². The molecule has 1 aliphatic rings. The Morgan fingerprint density at radius 3 is 3.08 bits per heavy atom. The number of imidazole rings is 1. The second-order valence-corrected chi connectivity index (χ2v) is 6.63. The lowest BCUT2D eigenvalue weighted by Gasteiger charge is -2.18. The standard InChI is InChI=1S/C18H22N6O/c1-12-14(11-22-23(12)2)15-9-19-10-16(15)18(25)21-8-13-3-5-24-6-4-20-17(24)7-13/h3-7,11,15-16,19H,8-10H2,1-2H3,(H,21,25)/t15-,16+/m1/s1. The quantitative estimate of drug-likeness (QED) is 0.744. The van der Waals surface area contributed by atoms with Crippen LogP contribution in [0.25, 0.3) is 5.65 Å².